The van der Waals surface area contributed by atoms with Gasteiger partial charge in [0.15, 0.2) is 0 Å². The van der Waals surface area contributed by atoms with Crippen LogP contribution in [0, 0.1) is 16.7 Å². The zero-order valence-electron chi connectivity index (χ0n) is 14.4. The number of aromatic nitrogens is 1. The molecule has 0 aliphatic carbocycles. The smallest absolute Gasteiger partial charge is 0.314 e. The Labute approximate surface area is 142 Å². The minimum Gasteiger partial charge on any atom is -0.480 e. The molecule has 24 heavy (non-hydrogen) atoms. The van der Waals surface area contributed by atoms with Crippen LogP contribution in [-0.4, -0.2) is 36.8 Å². The second-order valence-electron chi connectivity index (χ2n) is 6.41. The summed E-state index contributed by atoms with van der Waals surface area (Å²) in [6, 6.07) is 4.38. The molecule has 2 fully saturated rings. The first kappa shape index (κ1) is 16.6. The van der Waals surface area contributed by atoms with Gasteiger partial charge < -0.3 is 14.4 Å². The first-order valence-corrected chi connectivity index (χ1v) is 8.51. The average Bonchev–Trinajstić information content (AvgIpc) is 3.17. The highest BCUT2D eigenvalue weighted by Gasteiger charge is 2.60. The van der Waals surface area contributed by atoms with Gasteiger partial charge in [-0.3, -0.25) is 4.79 Å². The number of carbonyl (C=O) groups excluding carboxylic acids is 1. The number of ether oxygens (including phenoxy) is 2. The number of hydrogen-bond acceptors (Lipinski definition) is 6. The number of carbonyl (C=O) groups is 1. The van der Waals surface area contributed by atoms with E-state index in [0.717, 1.165) is 31.4 Å². The molecule has 6 heteroatoms. The van der Waals surface area contributed by atoms with Gasteiger partial charge in [0.1, 0.15) is 11.6 Å². The standard InChI is InChI=1S/C18H23N3O3/c1-4-18(17(22)24-5-2)10-12-6-7-15(18)21(12)14-8-9-20-16(23-3)13(14)11-19/h8-9,12,15H,4-7,10H2,1-3H3/t12-,15+,18+/m1/s1. The van der Waals surface area contributed by atoms with E-state index in [4.69, 9.17) is 9.47 Å². The van der Waals surface area contributed by atoms with Crippen molar-refractivity contribution in [2.45, 2.75) is 51.6 Å². The normalized spacial score (nSPS) is 27.8. The number of methoxy groups -OCH3 is 1. The minimum atomic E-state index is -0.484. The first-order chi connectivity index (χ1) is 11.6. The molecule has 2 saturated heterocycles. The Balaban J connectivity index is 2.03. The Bertz CT molecular complexity index is 685. The van der Waals surface area contributed by atoms with E-state index in [9.17, 15) is 10.1 Å². The summed E-state index contributed by atoms with van der Waals surface area (Å²) >= 11 is 0. The van der Waals surface area contributed by atoms with E-state index < -0.39 is 5.41 Å². The number of hydrogen-bond donors (Lipinski definition) is 0. The van der Waals surface area contributed by atoms with Gasteiger partial charge in [0.2, 0.25) is 5.88 Å². The van der Waals surface area contributed by atoms with Crippen molar-refractivity contribution in [3.8, 4) is 11.9 Å². The zero-order valence-corrected chi connectivity index (χ0v) is 14.4. The lowest BCUT2D eigenvalue weighted by Gasteiger charge is -2.34. The molecule has 0 aromatic carbocycles. The molecule has 1 aromatic rings. The van der Waals surface area contributed by atoms with Crippen LogP contribution in [0.5, 0.6) is 5.88 Å². The maximum absolute atomic E-state index is 12.7. The van der Waals surface area contributed by atoms with Gasteiger partial charge in [-0.15, -0.1) is 0 Å². The van der Waals surface area contributed by atoms with Crippen molar-refractivity contribution in [1.29, 1.82) is 5.26 Å². The largest absolute Gasteiger partial charge is 0.480 e. The van der Waals surface area contributed by atoms with Gasteiger partial charge in [-0.2, -0.15) is 5.26 Å². The van der Waals surface area contributed by atoms with Crippen LogP contribution in [0.4, 0.5) is 5.69 Å². The summed E-state index contributed by atoms with van der Waals surface area (Å²) in [5.41, 5.74) is 0.770. The van der Waals surface area contributed by atoms with E-state index in [2.05, 4.69) is 16.0 Å². The molecular weight excluding hydrogens is 306 g/mol. The Hall–Kier alpha value is -2.29. The van der Waals surface area contributed by atoms with Crippen LogP contribution in [0.2, 0.25) is 0 Å². The molecule has 3 rings (SSSR count). The molecule has 128 valence electrons. The van der Waals surface area contributed by atoms with Crippen molar-refractivity contribution in [3.63, 3.8) is 0 Å². The van der Waals surface area contributed by atoms with Crippen LogP contribution in [0.25, 0.3) is 0 Å². The summed E-state index contributed by atoms with van der Waals surface area (Å²) in [6.07, 6.45) is 5.15. The predicted octanol–water partition coefficient (Wildman–Crippen LogP) is 2.66. The van der Waals surface area contributed by atoms with E-state index >= 15 is 0 Å². The number of nitrogens with zero attached hydrogens (tertiary/aromatic N) is 3. The molecule has 2 bridgehead atoms. The third-order valence-electron chi connectivity index (χ3n) is 5.53. The van der Waals surface area contributed by atoms with Crippen molar-refractivity contribution in [1.82, 2.24) is 4.98 Å². The van der Waals surface area contributed by atoms with Gasteiger partial charge in [0, 0.05) is 18.3 Å². The van der Waals surface area contributed by atoms with Crippen LogP contribution >= 0.6 is 0 Å². The zero-order chi connectivity index (χ0) is 17.3. The Kier molecular flexibility index (Phi) is 4.35. The van der Waals surface area contributed by atoms with Crippen LogP contribution in [0.15, 0.2) is 12.3 Å². The quantitative estimate of drug-likeness (QED) is 0.773. The van der Waals surface area contributed by atoms with Gasteiger partial charge in [0.05, 0.1) is 24.8 Å². The molecule has 0 spiro atoms. The molecule has 1 aromatic heterocycles. The Morgan fingerprint density at radius 1 is 1.50 bits per heavy atom. The number of esters is 1. The molecule has 3 heterocycles. The Morgan fingerprint density at radius 3 is 2.92 bits per heavy atom. The first-order valence-electron chi connectivity index (χ1n) is 8.51. The highest BCUT2D eigenvalue weighted by atomic mass is 16.5. The molecule has 2 aliphatic rings. The van der Waals surface area contributed by atoms with Crippen LogP contribution in [0.3, 0.4) is 0 Å². The van der Waals surface area contributed by atoms with Crippen molar-refractivity contribution < 1.29 is 14.3 Å². The van der Waals surface area contributed by atoms with Crippen molar-refractivity contribution in [2.24, 2.45) is 5.41 Å². The summed E-state index contributed by atoms with van der Waals surface area (Å²) in [6.45, 7) is 4.28. The molecule has 0 N–H and O–H groups in total. The minimum absolute atomic E-state index is 0.0609. The topological polar surface area (TPSA) is 75.4 Å². The number of anilines is 1. The lowest BCUT2D eigenvalue weighted by atomic mass is 9.72. The monoisotopic (exact) mass is 329 g/mol. The summed E-state index contributed by atoms with van der Waals surface area (Å²) < 4.78 is 10.6. The summed E-state index contributed by atoms with van der Waals surface area (Å²) in [5.74, 6) is 0.226. The summed E-state index contributed by atoms with van der Waals surface area (Å²) in [4.78, 5) is 19.1. The second kappa shape index (κ2) is 6.31. The maximum atomic E-state index is 12.7. The van der Waals surface area contributed by atoms with Crippen LogP contribution in [-0.2, 0) is 9.53 Å². The van der Waals surface area contributed by atoms with Crippen molar-refractivity contribution in [3.05, 3.63) is 17.8 Å². The lowest BCUT2D eigenvalue weighted by molar-refractivity contribution is -0.157. The van der Waals surface area contributed by atoms with E-state index in [1.54, 1.807) is 6.20 Å². The lowest BCUT2D eigenvalue weighted by Crippen LogP contribution is -2.44. The van der Waals surface area contributed by atoms with E-state index in [-0.39, 0.29) is 18.1 Å². The van der Waals surface area contributed by atoms with Crippen molar-refractivity contribution >= 4 is 11.7 Å². The summed E-state index contributed by atoms with van der Waals surface area (Å²) in [7, 11) is 1.51. The highest BCUT2D eigenvalue weighted by Crippen LogP contribution is 2.54. The van der Waals surface area contributed by atoms with Gasteiger partial charge in [-0.25, -0.2) is 4.98 Å². The van der Waals surface area contributed by atoms with E-state index in [1.807, 2.05) is 19.9 Å². The molecule has 0 amide bonds. The highest BCUT2D eigenvalue weighted by molar-refractivity contribution is 5.81. The third-order valence-corrected chi connectivity index (χ3v) is 5.53. The fourth-order valence-electron chi connectivity index (χ4n) is 4.47. The fraction of sp³-hybridized carbons (Fsp3) is 0.611. The molecule has 0 radical (unpaired) electrons. The second-order valence-corrected chi connectivity index (χ2v) is 6.41. The van der Waals surface area contributed by atoms with E-state index in [1.165, 1.54) is 7.11 Å². The fourth-order valence-corrected chi connectivity index (χ4v) is 4.47. The predicted molar refractivity (Wildman–Crippen MR) is 88.8 cm³/mol. The Morgan fingerprint density at radius 2 is 2.29 bits per heavy atom. The van der Waals surface area contributed by atoms with Crippen molar-refractivity contribution in [2.75, 3.05) is 18.6 Å². The van der Waals surface area contributed by atoms with Gasteiger partial charge in [-0.05, 0) is 38.7 Å². The van der Waals surface area contributed by atoms with E-state index in [0.29, 0.717) is 18.1 Å². The molecule has 0 unspecified atom stereocenters. The summed E-state index contributed by atoms with van der Waals surface area (Å²) in [5, 5.41) is 9.58. The SMILES string of the molecule is CCOC(=O)[C@@]1(CC)C[C@H]2CC[C@@H]1N2c1ccnc(OC)c1C#N. The maximum Gasteiger partial charge on any atom is 0.314 e. The molecule has 2 aliphatic heterocycles. The molecule has 6 nitrogen and oxygen atoms in total. The number of pyridine rings is 1. The number of nitriles is 1. The molecule has 3 atom stereocenters. The molecule has 0 saturated carbocycles. The van der Waals surface area contributed by atoms with Gasteiger partial charge in [-0.1, -0.05) is 6.92 Å². The number of rotatable bonds is 5. The van der Waals surface area contributed by atoms with Crippen LogP contribution < -0.4 is 9.64 Å². The average molecular weight is 329 g/mol. The van der Waals surface area contributed by atoms with Gasteiger partial charge in [0.25, 0.3) is 0 Å². The third kappa shape index (κ3) is 2.22. The number of fused-ring (bicyclic) bond motifs is 2. The van der Waals surface area contributed by atoms with Gasteiger partial charge >= 0.3 is 5.97 Å². The molecular formula is C18H23N3O3. The van der Waals surface area contributed by atoms with Crippen LogP contribution in [0.1, 0.15) is 45.1 Å².